The number of nitrogens with zero attached hydrogens (tertiary/aromatic N) is 4. The average molecular weight is 322 g/mol. The van der Waals surface area contributed by atoms with E-state index in [2.05, 4.69) is 30.8 Å². The second-order valence-electron chi connectivity index (χ2n) is 5.03. The van der Waals surface area contributed by atoms with Gasteiger partial charge in [0.15, 0.2) is 17.3 Å². The SMILES string of the molecule is c1ccc(CNc2cnnc(Nc3ccc4c(c3)OCO4)n2)nc1. The first-order valence-electron chi connectivity index (χ1n) is 7.37. The Balaban J connectivity index is 1.44. The minimum Gasteiger partial charge on any atom is -0.454 e. The number of ether oxygens (including phenoxy) is 2. The first kappa shape index (κ1) is 14.2. The average Bonchev–Trinajstić information content (AvgIpc) is 3.09. The van der Waals surface area contributed by atoms with Crippen LogP contribution >= 0.6 is 0 Å². The maximum Gasteiger partial charge on any atom is 0.249 e. The van der Waals surface area contributed by atoms with Gasteiger partial charge in [0.05, 0.1) is 18.4 Å². The second-order valence-corrected chi connectivity index (χ2v) is 5.03. The van der Waals surface area contributed by atoms with Gasteiger partial charge in [-0.05, 0) is 24.3 Å². The number of pyridine rings is 1. The van der Waals surface area contributed by atoms with Crippen molar-refractivity contribution < 1.29 is 9.47 Å². The summed E-state index contributed by atoms with van der Waals surface area (Å²) in [5.41, 5.74) is 1.71. The molecule has 8 heteroatoms. The number of anilines is 3. The third-order valence-electron chi connectivity index (χ3n) is 3.36. The summed E-state index contributed by atoms with van der Waals surface area (Å²) in [5, 5.41) is 14.2. The number of nitrogens with one attached hydrogen (secondary N) is 2. The molecule has 0 saturated heterocycles. The summed E-state index contributed by atoms with van der Waals surface area (Å²) in [5.74, 6) is 2.42. The second kappa shape index (κ2) is 6.37. The monoisotopic (exact) mass is 322 g/mol. The van der Waals surface area contributed by atoms with Crippen LogP contribution in [0.3, 0.4) is 0 Å². The van der Waals surface area contributed by atoms with Crippen molar-refractivity contribution in [1.82, 2.24) is 20.2 Å². The molecule has 24 heavy (non-hydrogen) atoms. The zero-order chi connectivity index (χ0) is 16.2. The zero-order valence-corrected chi connectivity index (χ0v) is 12.6. The summed E-state index contributed by atoms with van der Waals surface area (Å²) in [6.07, 6.45) is 3.32. The molecule has 120 valence electrons. The van der Waals surface area contributed by atoms with Crippen molar-refractivity contribution >= 4 is 17.5 Å². The fourth-order valence-electron chi connectivity index (χ4n) is 2.23. The molecule has 2 aromatic heterocycles. The molecule has 0 saturated carbocycles. The Labute approximate surface area is 137 Å². The Morgan fingerprint density at radius 2 is 2.04 bits per heavy atom. The van der Waals surface area contributed by atoms with Gasteiger partial charge >= 0.3 is 0 Å². The summed E-state index contributed by atoms with van der Waals surface area (Å²) in [7, 11) is 0. The van der Waals surface area contributed by atoms with Crippen LogP contribution in [0.5, 0.6) is 11.5 Å². The van der Waals surface area contributed by atoms with Crippen LogP contribution in [-0.4, -0.2) is 27.0 Å². The van der Waals surface area contributed by atoms with Gasteiger partial charge in [0, 0.05) is 18.0 Å². The minimum atomic E-state index is 0.240. The van der Waals surface area contributed by atoms with Gasteiger partial charge in [0.2, 0.25) is 12.7 Å². The Morgan fingerprint density at radius 3 is 2.96 bits per heavy atom. The lowest BCUT2D eigenvalue weighted by Gasteiger charge is -2.08. The first-order valence-corrected chi connectivity index (χ1v) is 7.37. The third kappa shape index (κ3) is 3.17. The van der Waals surface area contributed by atoms with Crippen LogP contribution in [0.15, 0.2) is 48.8 Å². The molecule has 3 heterocycles. The highest BCUT2D eigenvalue weighted by Crippen LogP contribution is 2.34. The molecule has 0 unspecified atom stereocenters. The highest BCUT2D eigenvalue weighted by atomic mass is 16.7. The van der Waals surface area contributed by atoms with Crippen LogP contribution in [0.1, 0.15) is 5.69 Å². The Hall–Kier alpha value is -3.42. The van der Waals surface area contributed by atoms with Gasteiger partial charge in [-0.25, -0.2) is 0 Å². The minimum absolute atomic E-state index is 0.240. The molecule has 1 aliphatic heterocycles. The molecule has 0 bridgehead atoms. The molecule has 3 aromatic rings. The van der Waals surface area contributed by atoms with E-state index in [1.54, 1.807) is 12.4 Å². The predicted molar refractivity (Wildman–Crippen MR) is 87.2 cm³/mol. The Morgan fingerprint density at radius 1 is 1.08 bits per heavy atom. The van der Waals surface area contributed by atoms with E-state index in [0.717, 1.165) is 17.1 Å². The van der Waals surface area contributed by atoms with Crippen molar-refractivity contribution in [2.24, 2.45) is 0 Å². The molecule has 2 N–H and O–H groups in total. The fraction of sp³-hybridized carbons (Fsp3) is 0.125. The van der Waals surface area contributed by atoms with Crippen LogP contribution in [0.2, 0.25) is 0 Å². The van der Waals surface area contributed by atoms with Gasteiger partial charge in [-0.15, -0.1) is 5.10 Å². The molecule has 1 aromatic carbocycles. The number of hydrogen-bond donors (Lipinski definition) is 2. The molecular weight excluding hydrogens is 308 g/mol. The largest absolute Gasteiger partial charge is 0.454 e. The molecule has 0 atom stereocenters. The number of aromatic nitrogens is 4. The zero-order valence-electron chi connectivity index (χ0n) is 12.6. The Bertz CT molecular complexity index is 843. The van der Waals surface area contributed by atoms with Crippen molar-refractivity contribution in [2.45, 2.75) is 6.54 Å². The summed E-state index contributed by atoms with van der Waals surface area (Å²) < 4.78 is 10.6. The van der Waals surface area contributed by atoms with E-state index >= 15 is 0 Å². The standard InChI is InChI=1S/C16H14N6O2/c1-2-6-17-12(3-1)8-18-15-9-19-22-16(21-15)20-11-4-5-13-14(7-11)24-10-23-13/h1-7,9H,8,10H2,(H2,18,20,21,22). The lowest BCUT2D eigenvalue weighted by molar-refractivity contribution is 0.174. The van der Waals surface area contributed by atoms with E-state index in [0.29, 0.717) is 24.1 Å². The first-order chi connectivity index (χ1) is 11.9. The van der Waals surface area contributed by atoms with E-state index in [4.69, 9.17) is 9.47 Å². The van der Waals surface area contributed by atoms with E-state index in [9.17, 15) is 0 Å². The van der Waals surface area contributed by atoms with E-state index in [1.165, 1.54) is 0 Å². The van der Waals surface area contributed by atoms with Crippen LogP contribution in [0.4, 0.5) is 17.5 Å². The van der Waals surface area contributed by atoms with E-state index in [1.807, 2.05) is 36.4 Å². The third-order valence-corrected chi connectivity index (χ3v) is 3.36. The lowest BCUT2D eigenvalue weighted by Crippen LogP contribution is -2.06. The Kier molecular flexibility index (Phi) is 3.77. The van der Waals surface area contributed by atoms with Gasteiger partial charge in [0.1, 0.15) is 0 Å². The fourth-order valence-corrected chi connectivity index (χ4v) is 2.23. The molecule has 0 aliphatic carbocycles. The van der Waals surface area contributed by atoms with Crippen LogP contribution in [0, 0.1) is 0 Å². The van der Waals surface area contributed by atoms with Gasteiger partial charge in [0.25, 0.3) is 0 Å². The molecule has 0 spiro atoms. The summed E-state index contributed by atoms with van der Waals surface area (Å²) in [4.78, 5) is 8.63. The molecular formula is C16H14N6O2. The van der Waals surface area contributed by atoms with Crippen molar-refractivity contribution in [2.75, 3.05) is 17.4 Å². The quantitative estimate of drug-likeness (QED) is 0.739. The van der Waals surface area contributed by atoms with Gasteiger partial charge in [-0.2, -0.15) is 10.1 Å². The van der Waals surface area contributed by atoms with Crippen molar-refractivity contribution in [3.8, 4) is 11.5 Å². The molecule has 0 amide bonds. The molecule has 1 aliphatic rings. The molecule has 0 fully saturated rings. The number of fused-ring (bicyclic) bond motifs is 1. The smallest absolute Gasteiger partial charge is 0.249 e. The topological polar surface area (TPSA) is 94.1 Å². The van der Waals surface area contributed by atoms with Gasteiger partial charge < -0.3 is 20.1 Å². The number of benzene rings is 1. The molecule has 4 rings (SSSR count). The van der Waals surface area contributed by atoms with Crippen LogP contribution in [-0.2, 0) is 6.54 Å². The van der Waals surface area contributed by atoms with Crippen LogP contribution in [0.25, 0.3) is 0 Å². The highest BCUT2D eigenvalue weighted by Gasteiger charge is 2.13. The predicted octanol–water partition coefficient (Wildman–Crippen LogP) is 2.35. The van der Waals surface area contributed by atoms with Gasteiger partial charge in [-0.1, -0.05) is 6.07 Å². The summed E-state index contributed by atoms with van der Waals surface area (Å²) in [6, 6.07) is 11.3. The van der Waals surface area contributed by atoms with Crippen molar-refractivity contribution in [3.05, 3.63) is 54.5 Å². The highest BCUT2D eigenvalue weighted by molar-refractivity contribution is 5.60. The van der Waals surface area contributed by atoms with Gasteiger partial charge in [-0.3, -0.25) is 4.98 Å². The summed E-state index contributed by atoms with van der Waals surface area (Å²) >= 11 is 0. The van der Waals surface area contributed by atoms with Crippen molar-refractivity contribution in [3.63, 3.8) is 0 Å². The normalized spacial score (nSPS) is 12.0. The maximum atomic E-state index is 5.35. The maximum absolute atomic E-state index is 5.35. The van der Waals surface area contributed by atoms with Crippen molar-refractivity contribution in [1.29, 1.82) is 0 Å². The number of rotatable bonds is 5. The van der Waals surface area contributed by atoms with Crippen LogP contribution < -0.4 is 20.1 Å². The molecule has 0 radical (unpaired) electrons. The number of hydrogen-bond acceptors (Lipinski definition) is 8. The summed E-state index contributed by atoms with van der Waals surface area (Å²) in [6.45, 7) is 0.798. The molecule has 8 nitrogen and oxygen atoms in total. The lowest BCUT2D eigenvalue weighted by atomic mass is 10.3. The van der Waals surface area contributed by atoms with E-state index < -0.39 is 0 Å². The van der Waals surface area contributed by atoms with E-state index in [-0.39, 0.29) is 6.79 Å².